The minimum absolute atomic E-state index is 0.829. The van der Waals surface area contributed by atoms with E-state index in [0.717, 1.165) is 72.0 Å². The maximum atomic E-state index is 16.9. The van der Waals surface area contributed by atoms with Crippen molar-refractivity contribution in [2.45, 2.75) is 5.41 Å². The quantitative estimate of drug-likeness (QED) is 0.156. The van der Waals surface area contributed by atoms with E-state index in [1.165, 1.54) is 32.9 Å². The van der Waals surface area contributed by atoms with Crippen molar-refractivity contribution in [3.05, 3.63) is 271 Å². The van der Waals surface area contributed by atoms with Crippen molar-refractivity contribution in [3.63, 3.8) is 0 Å². The lowest BCUT2D eigenvalue weighted by atomic mass is 9.62. The van der Waals surface area contributed by atoms with Crippen molar-refractivity contribution < 1.29 is 4.57 Å². The van der Waals surface area contributed by atoms with Gasteiger partial charge < -0.3 is 14.0 Å². The average molecular weight is 849 g/mol. The zero-order valence-corrected chi connectivity index (χ0v) is 36.3. The molecule has 1 aromatic heterocycles. The van der Waals surface area contributed by atoms with Crippen LogP contribution in [0.3, 0.4) is 0 Å². The topological polar surface area (TPSA) is 25.2 Å². The third-order valence-corrected chi connectivity index (χ3v) is 17.0. The molecule has 0 N–H and O–H groups in total. The van der Waals surface area contributed by atoms with Crippen molar-refractivity contribution in [1.29, 1.82) is 0 Å². The summed E-state index contributed by atoms with van der Waals surface area (Å²) in [6, 6.07) is 88.8. The number of anilines is 3. The summed E-state index contributed by atoms with van der Waals surface area (Å²) in [7, 11) is -3.46. The van der Waals surface area contributed by atoms with Crippen LogP contribution in [-0.2, 0) is 9.98 Å². The Hall–Kier alpha value is -7.97. The largest absolute Gasteiger partial charge is 0.310 e. The molecule has 11 aromatic rings. The summed E-state index contributed by atoms with van der Waals surface area (Å²) in [6.07, 6.45) is 0. The van der Waals surface area contributed by atoms with E-state index in [9.17, 15) is 0 Å². The fourth-order valence-corrected chi connectivity index (χ4v) is 14.3. The van der Waals surface area contributed by atoms with E-state index in [1.54, 1.807) is 0 Å². The molecule has 2 aliphatic rings. The lowest BCUT2D eigenvalue weighted by Gasteiger charge is -2.48. The van der Waals surface area contributed by atoms with Gasteiger partial charge >= 0.3 is 0 Å². The number of aromatic nitrogens is 1. The molecule has 2 unspecified atom stereocenters. The number of fused-ring (bicyclic) bond motifs is 11. The Morgan fingerprint density at radius 3 is 1.77 bits per heavy atom. The van der Waals surface area contributed by atoms with Crippen molar-refractivity contribution in [3.8, 4) is 27.9 Å². The second-order valence-electron chi connectivity index (χ2n) is 17.1. The van der Waals surface area contributed by atoms with Crippen molar-refractivity contribution in [1.82, 2.24) is 4.57 Å². The first kappa shape index (κ1) is 37.6. The van der Waals surface area contributed by atoms with Crippen LogP contribution in [0, 0.1) is 0 Å². The maximum Gasteiger partial charge on any atom is 0.171 e. The molecule has 3 nitrogen and oxygen atoms in total. The molecule has 0 aliphatic carbocycles. The number of hydrogen-bond donors (Lipinski definition) is 0. The predicted octanol–water partition coefficient (Wildman–Crippen LogP) is 14.2. The van der Waals surface area contributed by atoms with Gasteiger partial charge in [0.1, 0.15) is 0 Å². The second-order valence-corrected chi connectivity index (χ2v) is 19.8. The van der Waals surface area contributed by atoms with E-state index >= 15 is 4.57 Å². The Balaban J connectivity index is 1.16. The molecule has 1 spiro atoms. The zero-order chi connectivity index (χ0) is 43.1. The number of para-hydroxylation sites is 4. The lowest BCUT2D eigenvalue weighted by molar-refractivity contribution is 0.590. The molecular formula is C61H41N2OP. The fourth-order valence-electron chi connectivity index (χ4n) is 11.2. The summed E-state index contributed by atoms with van der Waals surface area (Å²) in [5.41, 5.74) is 14.7. The van der Waals surface area contributed by atoms with E-state index in [1.807, 2.05) is 18.2 Å². The van der Waals surface area contributed by atoms with Crippen molar-refractivity contribution in [2.75, 3.05) is 4.90 Å². The third kappa shape index (κ3) is 5.34. The van der Waals surface area contributed by atoms with Gasteiger partial charge in [-0.3, -0.25) is 0 Å². The lowest BCUT2D eigenvalue weighted by Crippen LogP contribution is -2.48. The van der Waals surface area contributed by atoms with Gasteiger partial charge in [0.15, 0.2) is 7.14 Å². The molecule has 0 amide bonds. The Kier molecular flexibility index (Phi) is 8.40. The molecule has 2 aliphatic heterocycles. The molecule has 0 bridgehead atoms. The highest BCUT2D eigenvalue weighted by Crippen LogP contribution is 2.61. The summed E-state index contributed by atoms with van der Waals surface area (Å²) in [5, 5.41) is 4.99. The number of hydrogen-bond acceptors (Lipinski definition) is 2. The highest BCUT2D eigenvalue weighted by molar-refractivity contribution is 7.85. The number of benzene rings is 10. The average Bonchev–Trinajstić information content (AvgIpc) is 3.73. The molecule has 0 radical (unpaired) electrons. The van der Waals surface area contributed by atoms with E-state index in [0.29, 0.717) is 0 Å². The first-order valence-electron chi connectivity index (χ1n) is 22.3. The Morgan fingerprint density at radius 2 is 0.969 bits per heavy atom. The van der Waals surface area contributed by atoms with E-state index in [4.69, 9.17) is 0 Å². The molecule has 10 aromatic carbocycles. The van der Waals surface area contributed by atoms with Crippen LogP contribution in [0.15, 0.2) is 249 Å². The molecule has 306 valence electrons. The van der Waals surface area contributed by atoms with E-state index < -0.39 is 12.6 Å². The standard InChI is InChI=1S/C61H41N2OP/c64-65(47-23-8-3-9-24-47)58-34-17-13-29-52(58)61(51-28-12-16-33-57(51)63-56-32-15-11-26-49(56)50-27-18-30-53(61)60(50)63)54-41-46(39-40-59(54)65)62(45-37-35-43(36-38-45)42-19-4-1-5-20-42)55-31-14-10-25-48(55)44-21-6-2-7-22-44/h1-41H. The number of rotatable bonds is 6. The minimum Gasteiger partial charge on any atom is -0.310 e. The summed E-state index contributed by atoms with van der Waals surface area (Å²) < 4.78 is 19.3. The van der Waals surface area contributed by atoms with E-state index in [-0.39, 0.29) is 0 Å². The van der Waals surface area contributed by atoms with Gasteiger partial charge in [0.2, 0.25) is 0 Å². The molecule has 0 saturated carbocycles. The van der Waals surface area contributed by atoms with Gasteiger partial charge in [0, 0.05) is 43.6 Å². The molecule has 3 heterocycles. The molecule has 13 rings (SSSR count). The van der Waals surface area contributed by atoms with Crippen LogP contribution in [0.4, 0.5) is 17.1 Å². The molecule has 65 heavy (non-hydrogen) atoms. The van der Waals surface area contributed by atoms with Crippen molar-refractivity contribution >= 4 is 61.9 Å². The Morgan fingerprint density at radius 1 is 0.400 bits per heavy atom. The molecule has 0 saturated heterocycles. The summed E-state index contributed by atoms with van der Waals surface area (Å²) in [4.78, 5) is 2.39. The number of nitrogens with zero attached hydrogens (tertiary/aromatic N) is 2. The predicted molar refractivity (Wildman–Crippen MR) is 271 cm³/mol. The van der Waals surface area contributed by atoms with Crippen LogP contribution in [-0.4, -0.2) is 4.57 Å². The first-order chi connectivity index (χ1) is 32.2. The summed E-state index contributed by atoms with van der Waals surface area (Å²) in [5.74, 6) is 0. The highest BCUT2D eigenvalue weighted by Gasteiger charge is 2.54. The summed E-state index contributed by atoms with van der Waals surface area (Å²) in [6.45, 7) is 0. The monoisotopic (exact) mass is 848 g/mol. The smallest absolute Gasteiger partial charge is 0.171 e. The van der Waals surface area contributed by atoms with Crippen LogP contribution in [0.1, 0.15) is 22.3 Å². The van der Waals surface area contributed by atoms with Gasteiger partial charge in [-0.15, -0.1) is 0 Å². The normalized spacial score (nSPS) is 16.8. The maximum absolute atomic E-state index is 16.9. The van der Waals surface area contributed by atoms with Crippen molar-refractivity contribution in [2.24, 2.45) is 0 Å². The third-order valence-electron chi connectivity index (χ3n) is 13.9. The van der Waals surface area contributed by atoms with Crippen LogP contribution in [0.25, 0.3) is 49.7 Å². The Bertz CT molecular complexity index is 3690. The van der Waals surface area contributed by atoms with Crippen LogP contribution in [0.2, 0.25) is 0 Å². The van der Waals surface area contributed by atoms with Gasteiger partial charge in [-0.05, 0) is 87.5 Å². The van der Waals surface area contributed by atoms with Crippen LogP contribution in [0.5, 0.6) is 0 Å². The van der Waals surface area contributed by atoms with Gasteiger partial charge in [0.25, 0.3) is 0 Å². The van der Waals surface area contributed by atoms with E-state index in [2.05, 4.69) is 240 Å². The van der Waals surface area contributed by atoms with Gasteiger partial charge in [0.05, 0.1) is 27.8 Å². The van der Waals surface area contributed by atoms with Crippen LogP contribution < -0.4 is 20.8 Å². The highest BCUT2D eigenvalue weighted by atomic mass is 31.2. The van der Waals surface area contributed by atoms with Gasteiger partial charge in [-0.1, -0.05) is 200 Å². The molecular weight excluding hydrogens is 808 g/mol. The minimum atomic E-state index is -3.46. The second kappa shape index (κ2) is 14.5. The molecule has 0 fully saturated rings. The van der Waals surface area contributed by atoms with Gasteiger partial charge in [-0.2, -0.15) is 0 Å². The van der Waals surface area contributed by atoms with Crippen LogP contribution >= 0.6 is 7.14 Å². The molecule has 4 heteroatoms. The zero-order valence-electron chi connectivity index (χ0n) is 35.4. The molecule has 2 atom stereocenters. The van der Waals surface area contributed by atoms with Gasteiger partial charge in [-0.25, -0.2) is 0 Å². The summed E-state index contributed by atoms with van der Waals surface area (Å²) >= 11 is 0. The first-order valence-corrected chi connectivity index (χ1v) is 24.0. The Labute approximate surface area is 378 Å². The SMILES string of the molecule is O=P1(c2ccccc2)c2ccccc2C2(c3ccccc3-n3c4ccccc4c4cccc2c43)c2cc(N(c3ccc(-c4ccccc4)cc3)c3ccccc3-c3ccccc3)ccc21. The fraction of sp³-hybridized carbons (Fsp3) is 0.0164.